The minimum atomic E-state index is -0.983. The second kappa shape index (κ2) is 4.88. The zero-order valence-electron chi connectivity index (χ0n) is 7.93. The Hall–Kier alpha value is -1.20. The predicted octanol–water partition coefficient (Wildman–Crippen LogP) is 1.62. The molecule has 3 nitrogen and oxygen atoms in total. The zero-order valence-corrected chi connectivity index (χ0v) is 7.93. The van der Waals surface area contributed by atoms with Crippen LogP contribution in [0.4, 0.5) is 8.78 Å². The highest BCUT2D eigenvalue weighted by molar-refractivity contribution is 5.30. The van der Waals surface area contributed by atoms with E-state index in [2.05, 4.69) is 15.1 Å². The van der Waals surface area contributed by atoms with Crippen LogP contribution in [0.2, 0.25) is 0 Å². The van der Waals surface area contributed by atoms with Gasteiger partial charge in [0, 0.05) is 12.1 Å². The summed E-state index contributed by atoms with van der Waals surface area (Å²) in [5.74, 6) is -2.01. The van der Waals surface area contributed by atoms with Crippen LogP contribution in [-0.4, -0.2) is 14.2 Å². The van der Waals surface area contributed by atoms with Gasteiger partial charge < -0.3 is 9.57 Å². The summed E-state index contributed by atoms with van der Waals surface area (Å²) < 4.78 is 31.0. The van der Waals surface area contributed by atoms with Crippen molar-refractivity contribution in [3.05, 3.63) is 29.3 Å². The standard InChI is InChI=1S/C9H11F2NO2/c1-13-7-4-3-6(5-12-14-2)8(10)9(7)11/h3-4,12H,5H2,1-2H3. The van der Waals surface area contributed by atoms with Crippen LogP contribution < -0.4 is 10.2 Å². The van der Waals surface area contributed by atoms with Crippen molar-refractivity contribution < 1.29 is 18.4 Å². The molecule has 1 rings (SSSR count). The molecule has 0 spiro atoms. The minimum Gasteiger partial charge on any atom is -0.494 e. The first-order chi connectivity index (χ1) is 6.70. The Labute approximate surface area is 80.6 Å². The van der Waals surface area contributed by atoms with Gasteiger partial charge >= 0.3 is 0 Å². The van der Waals surface area contributed by atoms with Crippen LogP contribution in [-0.2, 0) is 11.4 Å². The lowest BCUT2D eigenvalue weighted by Gasteiger charge is -2.07. The van der Waals surface area contributed by atoms with Gasteiger partial charge in [-0.2, -0.15) is 9.87 Å². The van der Waals surface area contributed by atoms with Crippen LogP contribution in [0.1, 0.15) is 5.56 Å². The average molecular weight is 203 g/mol. The van der Waals surface area contributed by atoms with E-state index in [1.807, 2.05) is 0 Å². The SMILES string of the molecule is CONCc1ccc(OC)c(F)c1F. The highest BCUT2D eigenvalue weighted by atomic mass is 19.2. The molecule has 78 valence electrons. The summed E-state index contributed by atoms with van der Waals surface area (Å²) >= 11 is 0. The summed E-state index contributed by atoms with van der Waals surface area (Å²) in [5.41, 5.74) is 2.61. The molecule has 0 radical (unpaired) electrons. The number of hydrogen-bond acceptors (Lipinski definition) is 3. The Morgan fingerprint density at radius 2 is 1.93 bits per heavy atom. The summed E-state index contributed by atoms with van der Waals surface area (Å²) in [6, 6.07) is 2.80. The maximum atomic E-state index is 13.2. The molecule has 14 heavy (non-hydrogen) atoms. The second-order valence-corrected chi connectivity index (χ2v) is 2.58. The monoisotopic (exact) mass is 203 g/mol. The Kier molecular flexibility index (Phi) is 3.79. The smallest absolute Gasteiger partial charge is 0.200 e. The van der Waals surface area contributed by atoms with Gasteiger partial charge in [-0.1, -0.05) is 6.07 Å². The van der Waals surface area contributed by atoms with Crippen LogP contribution in [0, 0.1) is 11.6 Å². The van der Waals surface area contributed by atoms with E-state index in [0.717, 1.165) is 0 Å². The van der Waals surface area contributed by atoms with E-state index in [4.69, 9.17) is 0 Å². The number of halogens is 2. The molecule has 0 saturated carbocycles. The molecule has 0 saturated heterocycles. The van der Waals surface area contributed by atoms with Crippen LogP contribution in [0.25, 0.3) is 0 Å². The third-order valence-corrected chi connectivity index (χ3v) is 1.75. The van der Waals surface area contributed by atoms with Crippen molar-refractivity contribution in [2.24, 2.45) is 0 Å². The lowest BCUT2D eigenvalue weighted by Crippen LogP contribution is -2.12. The molecular formula is C9H11F2NO2. The molecular weight excluding hydrogens is 192 g/mol. The van der Waals surface area contributed by atoms with Crippen molar-refractivity contribution in [3.63, 3.8) is 0 Å². The molecule has 0 bridgehead atoms. The zero-order chi connectivity index (χ0) is 10.6. The number of benzene rings is 1. The van der Waals surface area contributed by atoms with Crippen molar-refractivity contribution in [1.29, 1.82) is 0 Å². The molecule has 0 aliphatic heterocycles. The second-order valence-electron chi connectivity index (χ2n) is 2.58. The van der Waals surface area contributed by atoms with E-state index in [9.17, 15) is 8.78 Å². The van der Waals surface area contributed by atoms with Gasteiger partial charge in [-0.25, -0.2) is 4.39 Å². The maximum absolute atomic E-state index is 13.2. The Bertz CT molecular complexity index is 318. The quantitative estimate of drug-likeness (QED) is 0.754. The fraction of sp³-hybridized carbons (Fsp3) is 0.333. The van der Waals surface area contributed by atoms with Gasteiger partial charge in [-0.15, -0.1) is 0 Å². The summed E-state index contributed by atoms with van der Waals surface area (Å²) in [6.45, 7) is 0.100. The van der Waals surface area contributed by atoms with Gasteiger partial charge in [0.1, 0.15) is 0 Å². The van der Waals surface area contributed by atoms with E-state index in [-0.39, 0.29) is 17.9 Å². The normalized spacial score (nSPS) is 10.3. The van der Waals surface area contributed by atoms with Crippen molar-refractivity contribution in [1.82, 2.24) is 5.48 Å². The van der Waals surface area contributed by atoms with E-state index < -0.39 is 11.6 Å². The van der Waals surface area contributed by atoms with Crippen molar-refractivity contribution >= 4 is 0 Å². The average Bonchev–Trinajstić information content (AvgIpc) is 2.20. The van der Waals surface area contributed by atoms with Gasteiger partial charge in [0.2, 0.25) is 5.82 Å². The predicted molar refractivity (Wildman–Crippen MR) is 46.8 cm³/mol. The molecule has 0 amide bonds. The van der Waals surface area contributed by atoms with E-state index in [1.165, 1.54) is 26.4 Å². The molecule has 0 aromatic heterocycles. The molecule has 0 aliphatic rings. The van der Waals surface area contributed by atoms with E-state index >= 15 is 0 Å². The number of ether oxygens (including phenoxy) is 1. The number of hydrogen-bond donors (Lipinski definition) is 1. The number of rotatable bonds is 4. The molecule has 5 heteroatoms. The summed E-state index contributed by atoms with van der Waals surface area (Å²) in [5, 5.41) is 0. The van der Waals surface area contributed by atoms with Gasteiger partial charge in [0.25, 0.3) is 0 Å². The molecule has 0 heterocycles. The van der Waals surface area contributed by atoms with Gasteiger partial charge in [-0.3, -0.25) is 0 Å². The van der Waals surface area contributed by atoms with Crippen molar-refractivity contribution in [2.75, 3.05) is 14.2 Å². The molecule has 0 atom stereocenters. The van der Waals surface area contributed by atoms with Gasteiger partial charge in [-0.05, 0) is 6.07 Å². The van der Waals surface area contributed by atoms with Gasteiger partial charge in [0.05, 0.1) is 14.2 Å². The minimum absolute atomic E-state index is 0.100. The Balaban J connectivity index is 2.92. The fourth-order valence-electron chi connectivity index (χ4n) is 1.02. The topological polar surface area (TPSA) is 30.5 Å². The van der Waals surface area contributed by atoms with Crippen LogP contribution >= 0.6 is 0 Å². The molecule has 1 aromatic rings. The summed E-state index contributed by atoms with van der Waals surface area (Å²) in [7, 11) is 2.68. The first-order valence-electron chi connectivity index (χ1n) is 3.97. The first-order valence-corrected chi connectivity index (χ1v) is 3.97. The third kappa shape index (κ3) is 2.18. The molecule has 0 fully saturated rings. The highest BCUT2D eigenvalue weighted by Crippen LogP contribution is 2.22. The largest absolute Gasteiger partial charge is 0.494 e. The molecule has 0 aliphatic carbocycles. The van der Waals surface area contributed by atoms with Crippen molar-refractivity contribution in [3.8, 4) is 5.75 Å². The lowest BCUT2D eigenvalue weighted by atomic mass is 10.2. The van der Waals surface area contributed by atoms with E-state index in [0.29, 0.717) is 0 Å². The lowest BCUT2D eigenvalue weighted by molar-refractivity contribution is 0.0857. The highest BCUT2D eigenvalue weighted by Gasteiger charge is 2.13. The molecule has 0 unspecified atom stereocenters. The summed E-state index contributed by atoms with van der Waals surface area (Å²) in [4.78, 5) is 4.53. The van der Waals surface area contributed by atoms with Crippen molar-refractivity contribution in [2.45, 2.75) is 6.54 Å². The summed E-state index contributed by atoms with van der Waals surface area (Å²) in [6.07, 6.45) is 0. The Morgan fingerprint density at radius 1 is 1.21 bits per heavy atom. The Morgan fingerprint density at radius 3 is 2.50 bits per heavy atom. The van der Waals surface area contributed by atoms with E-state index in [1.54, 1.807) is 0 Å². The van der Waals surface area contributed by atoms with Crippen LogP contribution in [0.15, 0.2) is 12.1 Å². The fourth-order valence-corrected chi connectivity index (χ4v) is 1.02. The number of methoxy groups -OCH3 is 1. The maximum Gasteiger partial charge on any atom is 0.200 e. The number of hydroxylamine groups is 1. The van der Waals surface area contributed by atoms with Crippen LogP contribution in [0.5, 0.6) is 5.75 Å². The number of nitrogens with one attached hydrogen (secondary N) is 1. The van der Waals surface area contributed by atoms with Crippen LogP contribution in [0.3, 0.4) is 0 Å². The third-order valence-electron chi connectivity index (χ3n) is 1.75. The first kappa shape index (κ1) is 10.9. The molecule has 1 N–H and O–H groups in total. The molecule has 1 aromatic carbocycles. The van der Waals surface area contributed by atoms with Gasteiger partial charge in [0.15, 0.2) is 11.6 Å².